The van der Waals surface area contributed by atoms with Crippen molar-refractivity contribution >= 4 is 67.7 Å². The van der Waals surface area contributed by atoms with Crippen molar-refractivity contribution in [2.24, 2.45) is 0 Å². The van der Waals surface area contributed by atoms with Crippen molar-refractivity contribution in [1.29, 1.82) is 0 Å². The Labute approximate surface area is 175 Å². The average Bonchev–Trinajstić information content (AvgIpc) is 2.53. The monoisotopic (exact) mass is 582 g/mol. The van der Waals surface area contributed by atoms with Crippen molar-refractivity contribution < 1.29 is 16.8 Å². The van der Waals surface area contributed by atoms with Crippen LogP contribution in [0.4, 0.5) is 0 Å². The molecule has 0 aliphatic heterocycles. The Morgan fingerprint density at radius 2 is 1.56 bits per heavy atom. The van der Waals surface area contributed by atoms with E-state index in [0.29, 0.717) is 13.1 Å². The maximum absolute atomic E-state index is 12.9. The molecule has 0 bridgehead atoms. The Bertz CT molecular complexity index is 770. The van der Waals surface area contributed by atoms with E-state index in [1.165, 1.54) is 16.6 Å². The van der Waals surface area contributed by atoms with Gasteiger partial charge < -0.3 is 0 Å². The number of alkyl halides is 3. The molecule has 0 saturated heterocycles. The molecule has 1 heterocycles. The van der Waals surface area contributed by atoms with E-state index in [4.69, 9.17) is 0 Å². The molecule has 0 aliphatic rings. The molecule has 0 aromatic carbocycles. The maximum Gasteiger partial charge on any atom is 0.243 e. The zero-order chi connectivity index (χ0) is 19.3. The second kappa shape index (κ2) is 9.59. The fourth-order valence-electron chi connectivity index (χ4n) is 1.99. The summed E-state index contributed by atoms with van der Waals surface area (Å²) in [5.74, 6) is 0. The molecule has 0 atom stereocenters. The maximum atomic E-state index is 12.9. The highest BCUT2D eigenvalue weighted by Gasteiger charge is 2.39. The summed E-state index contributed by atoms with van der Waals surface area (Å²) in [5.41, 5.74) is 0. The number of nitrogens with zero attached hydrogens (tertiary/aromatic N) is 2. The summed E-state index contributed by atoms with van der Waals surface area (Å²) in [7, 11) is -7.75. The summed E-state index contributed by atoms with van der Waals surface area (Å²) >= 11 is 8.86. The number of unbranched alkanes of at least 4 members (excludes halogenated alkanes) is 2. The first kappa shape index (κ1) is 23.5. The molecule has 0 unspecified atom stereocenters. The van der Waals surface area contributed by atoms with Crippen molar-refractivity contribution in [3.05, 3.63) is 18.3 Å². The number of hydrogen-bond acceptors (Lipinski definition) is 5. The lowest BCUT2D eigenvalue weighted by atomic mass is 10.3. The van der Waals surface area contributed by atoms with Crippen molar-refractivity contribution in [3.8, 4) is 0 Å². The van der Waals surface area contributed by atoms with Crippen LogP contribution in [0.5, 0.6) is 0 Å². The fraction of sp³-hybridized carbons (Fsp3) is 0.643. The minimum atomic E-state index is -3.96. The van der Waals surface area contributed by atoms with Gasteiger partial charge in [-0.3, -0.25) is 0 Å². The van der Waals surface area contributed by atoms with E-state index in [-0.39, 0.29) is 9.92 Å². The number of hydrogen-bond donors (Lipinski definition) is 0. The molecule has 0 saturated carbocycles. The fourth-order valence-corrected chi connectivity index (χ4v) is 5.80. The predicted molar refractivity (Wildman–Crippen MR) is 110 cm³/mol. The first-order valence-corrected chi connectivity index (χ1v) is 13.1. The van der Waals surface area contributed by atoms with Gasteiger partial charge in [-0.25, -0.2) is 21.8 Å². The minimum absolute atomic E-state index is 0.0787. The molecular formula is C14H21Br3N2O4S2. The van der Waals surface area contributed by atoms with Crippen LogP contribution < -0.4 is 0 Å². The number of pyridine rings is 1. The highest BCUT2D eigenvalue weighted by molar-refractivity contribution is 9.42. The van der Waals surface area contributed by atoms with Gasteiger partial charge in [-0.1, -0.05) is 26.7 Å². The molecule has 0 spiro atoms. The van der Waals surface area contributed by atoms with Crippen molar-refractivity contribution in [1.82, 2.24) is 9.29 Å². The van der Waals surface area contributed by atoms with Gasteiger partial charge in [0.15, 0.2) is 5.03 Å². The summed E-state index contributed by atoms with van der Waals surface area (Å²) in [6.45, 7) is 4.79. The summed E-state index contributed by atoms with van der Waals surface area (Å²) in [5, 5.41) is -0.342. The highest BCUT2D eigenvalue weighted by Crippen LogP contribution is 2.42. The zero-order valence-corrected chi connectivity index (χ0v) is 20.3. The summed E-state index contributed by atoms with van der Waals surface area (Å²) in [6.07, 6.45) is 4.41. The number of halogens is 3. The van der Waals surface area contributed by atoms with Gasteiger partial charge in [-0.05, 0) is 72.8 Å². The molecule has 0 N–H and O–H groups in total. The lowest BCUT2D eigenvalue weighted by Gasteiger charge is -2.22. The SMILES string of the molecule is CCCCN(CCCC)S(=O)(=O)c1ccnc(S(=O)(=O)C(Br)(Br)Br)c1. The van der Waals surface area contributed by atoms with Crippen LogP contribution in [0.1, 0.15) is 39.5 Å². The average molecular weight is 585 g/mol. The first-order valence-electron chi connectivity index (χ1n) is 7.76. The van der Waals surface area contributed by atoms with Gasteiger partial charge in [0.25, 0.3) is 0 Å². The molecular weight excluding hydrogens is 564 g/mol. The Balaban J connectivity index is 3.31. The van der Waals surface area contributed by atoms with Gasteiger partial charge in [0.2, 0.25) is 21.3 Å². The third kappa shape index (κ3) is 5.97. The summed E-state index contributed by atoms with van der Waals surface area (Å²) in [6, 6.07) is 2.41. The topological polar surface area (TPSA) is 84.4 Å². The van der Waals surface area contributed by atoms with Crippen LogP contribution in [-0.2, 0) is 19.9 Å². The van der Waals surface area contributed by atoms with E-state index in [9.17, 15) is 16.8 Å². The zero-order valence-electron chi connectivity index (χ0n) is 14.0. The van der Waals surface area contributed by atoms with Crippen molar-refractivity contribution in [3.63, 3.8) is 0 Å². The molecule has 0 aliphatic carbocycles. The second-order valence-electron chi connectivity index (χ2n) is 5.39. The normalized spacial score (nSPS) is 13.4. The van der Waals surface area contributed by atoms with Crippen LogP contribution in [0.3, 0.4) is 0 Å². The largest absolute Gasteiger partial charge is 0.245 e. The van der Waals surface area contributed by atoms with Crippen molar-refractivity contribution in [2.75, 3.05) is 13.1 Å². The Morgan fingerprint density at radius 3 is 2.00 bits per heavy atom. The van der Waals surface area contributed by atoms with E-state index in [1.54, 1.807) is 0 Å². The molecule has 1 rings (SSSR count). The van der Waals surface area contributed by atoms with E-state index in [0.717, 1.165) is 31.7 Å². The lowest BCUT2D eigenvalue weighted by Crippen LogP contribution is -2.33. The molecule has 1 aromatic heterocycles. The lowest BCUT2D eigenvalue weighted by molar-refractivity contribution is 0.395. The minimum Gasteiger partial charge on any atom is -0.245 e. The van der Waals surface area contributed by atoms with Crippen LogP contribution in [0.2, 0.25) is 0 Å². The number of sulfone groups is 1. The predicted octanol–water partition coefficient (Wildman–Crippen LogP) is 4.24. The van der Waals surface area contributed by atoms with E-state index in [2.05, 4.69) is 52.8 Å². The van der Waals surface area contributed by atoms with Gasteiger partial charge in [-0.15, -0.1) is 0 Å². The number of rotatable bonds is 9. The van der Waals surface area contributed by atoms with Gasteiger partial charge >= 0.3 is 0 Å². The van der Waals surface area contributed by atoms with Gasteiger partial charge in [0, 0.05) is 19.3 Å². The Kier molecular flexibility index (Phi) is 9.01. The first-order chi connectivity index (χ1) is 11.5. The quantitative estimate of drug-likeness (QED) is 0.405. The van der Waals surface area contributed by atoms with Crippen LogP contribution in [0.25, 0.3) is 0 Å². The summed E-state index contributed by atoms with van der Waals surface area (Å²) < 4.78 is 50.6. The number of aromatic nitrogens is 1. The standard InChI is InChI=1S/C14H21Br3N2O4S2/c1-3-5-9-19(10-6-4-2)25(22,23)12-7-8-18-13(11-12)24(20,21)14(15,16)17/h7-8,11H,3-6,9-10H2,1-2H3. The molecule has 0 amide bonds. The molecule has 1 aromatic rings. The smallest absolute Gasteiger partial charge is 0.243 e. The van der Waals surface area contributed by atoms with Gasteiger partial charge in [0.1, 0.15) is 0 Å². The number of sulfonamides is 1. The van der Waals surface area contributed by atoms with Crippen LogP contribution in [0.15, 0.2) is 28.3 Å². The van der Waals surface area contributed by atoms with Crippen molar-refractivity contribution in [2.45, 2.75) is 50.9 Å². The van der Waals surface area contributed by atoms with Crippen LogP contribution in [-0.4, -0.2) is 40.7 Å². The highest BCUT2D eigenvalue weighted by atomic mass is 80.0. The van der Waals surface area contributed by atoms with Crippen LogP contribution >= 0.6 is 47.8 Å². The second-order valence-corrected chi connectivity index (χ2v) is 17.7. The molecule has 11 heteroatoms. The molecule has 6 nitrogen and oxygen atoms in total. The van der Waals surface area contributed by atoms with E-state index < -0.39 is 21.3 Å². The Hall–Kier alpha value is 0.450. The molecule has 144 valence electrons. The van der Waals surface area contributed by atoms with Gasteiger partial charge in [-0.2, -0.15) is 4.31 Å². The van der Waals surface area contributed by atoms with Crippen LogP contribution in [0, 0.1) is 0 Å². The van der Waals surface area contributed by atoms with E-state index >= 15 is 0 Å². The molecule has 25 heavy (non-hydrogen) atoms. The van der Waals surface area contributed by atoms with E-state index in [1.807, 2.05) is 13.8 Å². The Morgan fingerprint density at radius 1 is 1.04 bits per heavy atom. The molecule has 0 radical (unpaired) electrons. The third-order valence-electron chi connectivity index (χ3n) is 3.45. The third-order valence-corrected chi connectivity index (χ3v) is 10.6. The molecule has 0 fully saturated rings. The van der Waals surface area contributed by atoms with Gasteiger partial charge in [0.05, 0.1) is 4.90 Å². The summed E-state index contributed by atoms with van der Waals surface area (Å²) in [4.78, 5) is 3.74.